The molecule has 0 aromatic carbocycles. The molecule has 0 aliphatic heterocycles. The molecule has 0 unspecified atom stereocenters. The summed E-state index contributed by atoms with van der Waals surface area (Å²) in [5.74, 6) is 0. The molecule has 0 aliphatic carbocycles. The van der Waals surface area contributed by atoms with Gasteiger partial charge in [0.1, 0.15) is 0 Å². The first kappa shape index (κ1) is 18.5. The molecular formula is C8H16Cl2O3. The molecule has 0 amide bonds. The minimum atomic E-state index is -0.817. The maximum Gasteiger partial charge on any atom is 0.403 e. The van der Waals surface area contributed by atoms with Crippen LogP contribution in [0.1, 0.15) is 34.1 Å². The van der Waals surface area contributed by atoms with Gasteiger partial charge in [-0.3, -0.25) is 4.79 Å². The molecule has 0 saturated heterocycles. The Balaban J connectivity index is -0.000000500. The Morgan fingerprint density at radius 2 is 1.62 bits per heavy atom. The Kier molecular flexibility index (Phi) is 16.7. The number of halogens is 2. The van der Waals surface area contributed by atoms with Gasteiger partial charge in [0.15, 0.2) is 0 Å². The van der Waals surface area contributed by atoms with Crippen LogP contribution in [-0.2, 0) is 9.53 Å². The second kappa shape index (κ2) is 11.7. The predicted molar refractivity (Wildman–Crippen MR) is 55.4 cm³/mol. The quantitative estimate of drug-likeness (QED) is 0.536. The molecule has 5 heteroatoms. The summed E-state index contributed by atoms with van der Waals surface area (Å²) in [4.78, 5) is 20.2. The smallest absolute Gasteiger partial charge is 0.403 e. The van der Waals surface area contributed by atoms with Crippen LogP contribution >= 0.6 is 23.2 Å². The van der Waals surface area contributed by atoms with Crippen molar-refractivity contribution in [2.24, 2.45) is 0 Å². The van der Waals surface area contributed by atoms with E-state index in [1.165, 1.54) is 0 Å². The lowest BCUT2D eigenvalue weighted by molar-refractivity contribution is -0.111. The molecule has 0 N–H and O–H groups in total. The van der Waals surface area contributed by atoms with Gasteiger partial charge in [0, 0.05) is 18.0 Å². The summed E-state index contributed by atoms with van der Waals surface area (Å²) < 4.78 is 4.40. The third-order valence-corrected chi connectivity index (χ3v) is 1.28. The van der Waals surface area contributed by atoms with Crippen molar-refractivity contribution in [1.82, 2.24) is 0 Å². The van der Waals surface area contributed by atoms with Crippen molar-refractivity contribution in [3.8, 4) is 0 Å². The topological polar surface area (TPSA) is 43.4 Å². The lowest BCUT2D eigenvalue weighted by Crippen LogP contribution is -1.97. The molecule has 13 heavy (non-hydrogen) atoms. The second-order valence-corrected chi connectivity index (χ2v) is 2.63. The van der Waals surface area contributed by atoms with Crippen LogP contribution in [0.4, 0.5) is 4.79 Å². The van der Waals surface area contributed by atoms with Crippen LogP contribution in [0, 0.1) is 0 Å². The molecule has 0 aromatic rings. The van der Waals surface area contributed by atoms with Gasteiger partial charge in [-0.2, -0.15) is 0 Å². The fraction of sp³-hybridized carbons (Fsp3) is 0.750. The van der Waals surface area contributed by atoms with Crippen molar-refractivity contribution >= 4 is 33.9 Å². The van der Waals surface area contributed by atoms with Gasteiger partial charge in [-0.25, -0.2) is 4.79 Å². The fourth-order valence-corrected chi connectivity index (χ4v) is 0.729. The van der Waals surface area contributed by atoms with E-state index in [-0.39, 0.29) is 26.7 Å². The van der Waals surface area contributed by atoms with Gasteiger partial charge in [-0.1, -0.05) is 14.9 Å². The van der Waals surface area contributed by atoms with Crippen molar-refractivity contribution in [1.29, 1.82) is 0 Å². The number of carbonyl (C=O) groups is 2. The fourth-order valence-electron chi connectivity index (χ4n) is 0.518. The molecule has 0 aromatic heterocycles. The second-order valence-electron chi connectivity index (χ2n) is 1.90. The summed E-state index contributed by atoms with van der Waals surface area (Å²) in [6, 6.07) is 0. The Labute approximate surface area is 89.3 Å². The lowest BCUT2D eigenvalue weighted by Gasteiger charge is -1.97. The van der Waals surface area contributed by atoms with E-state index in [1.807, 2.05) is 0 Å². The van der Waals surface area contributed by atoms with Gasteiger partial charge in [-0.15, -0.1) is 0 Å². The first-order chi connectivity index (χ1) is 5.13. The molecule has 0 saturated carbocycles. The highest BCUT2D eigenvalue weighted by Crippen LogP contribution is 2.00. The molecule has 0 spiro atoms. The maximum atomic E-state index is 10.2. The van der Waals surface area contributed by atoms with Crippen LogP contribution in [0.2, 0.25) is 0 Å². The van der Waals surface area contributed by atoms with Crippen LogP contribution in [0.3, 0.4) is 0 Å². The van der Waals surface area contributed by atoms with Crippen molar-refractivity contribution in [2.45, 2.75) is 34.1 Å². The molecule has 0 radical (unpaired) electrons. The Morgan fingerprint density at radius 1 is 1.08 bits per heavy atom. The maximum absolute atomic E-state index is 10.2. The number of ether oxygens (including phenoxy) is 1. The average Bonchev–Trinajstić information content (AvgIpc) is 1.85. The number of carbonyl (C=O) groups excluding carboxylic acids is 2. The lowest BCUT2D eigenvalue weighted by atomic mass is 10.3. The van der Waals surface area contributed by atoms with Crippen LogP contribution in [0.25, 0.3) is 0 Å². The van der Waals surface area contributed by atoms with E-state index < -0.39 is 5.43 Å². The molecular weight excluding hydrogens is 215 g/mol. The molecule has 0 bridgehead atoms. The standard InChI is InChI=1S/C6H8Cl2O3.2CH4/c7-5(9)3-1-2-4-11-6(8)10;;/h1-4H2;2*1H4. The summed E-state index contributed by atoms with van der Waals surface area (Å²) in [7, 11) is 0. The van der Waals surface area contributed by atoms with Gasteiger partial charge in [0.2, 0.25) is 5.24 Å². The van der Waals surface area contributed by atoms with Gasteiger partial charge in [0.25, 0.3) is 0 Å². The number of rotatable bonds is 5. The molecule has 0 atom stereocenters. The first-order valence-corrected chi connectivity index (χ1v) is 3.89. The summed E-state index contributed by atoms with van der Waals surface area (Å²) in [5, 5.41) is -0.373. The largest absolute Gasteiger partial charge is 0.454 e. The van der Waals surface area contributed by atoms with E-state index >= 15 is 0 Å². The summed E-state index contributed by atoms with van der Waals surface area (Å²) in [6.07, 6.45) is 1.53. The Hall–Kier alpha value is -0.280. The van der Waals surface area contributed by atoms with Crippen molar-refractivity contribution in [2.75, 3.05) is 6.61 Å². The predicted octanol–water partition coefficient (Wildman–Crippen LogP) is 3.57. The Bertz CT molecular complexity index is 132. The van der Waals surface area contributed by atoms with Gasteiger partial charge in [-0.05, 0) is 24.4 Å². The summed E-state index contributed by atoms with van der Waals surface area (Å²) in [5.41, 5.74) is -0.817. The minimum absolute atomic E-state index is 0. The van der Waals surface area contributed by atoms with Crippen LogP contribution in [-0.4, -0.2) is 17.3 Å². The number of hydrogen-bond donors (Lipinski definition) is 0. The SMILES string of the molecule is C.C.O=C(Cl)CCCCOC(=O)Cl. The molecule has 0 aliphatic rings. The zero-order valence-corrected chi connectivity index (χ0v) is 7.32. The average molecular weight is 231 g/mol. The molecule has 0 heterocycles. The molecule has 3 nitrogen and oxygen atoms in total. The third-order valence-electron chi connectivity index (χ3n) is 0.983. The number of hydrogen-bond acceptors (Lipinski definition) is 3. The van der Waals surface area contributed by atoms with Crippen molar-refractivity contribution < 1.29 is 14.3 Å². The van der Waals surface area contributed by atoms with Crippen LogP contribution < -0.4 is 0 Å². The normalized spacial score (nSPS) is 7.85. The van der Waals surface area contributed by atoms with E-state index in [0.717, 1.165) is 0 Å². The summed E-state index contributed by atoms with van der Waals surface area (Å²) >= 11 is 9.91. The van der Waals surface area contributed by atoms with E-state index in [4.69, 9.17) is 23.2 Å². The molecule has 0 fully saturated rings. The molecule has 80 valence electrons. The van der Waals surface area contributed by atoms with Crippen LogP contribution in [0.5, 0.6) is 0 Å². The van der Waals surface area contributed by atoms with Gasteiger partial charge >= 0.3 is 5.43 Å². The number of unbranched alkanes of at least 4 members (excludes halogenated alkanes) is 1. The van der Waals surface area contributed by atoms with Gasteiger partial charge in [0.05, 0.1) is 6.61 Å². The van der Waals surface area contributed by atoms with E-state index in [9.17, 15) is 9.59 Å². The highest BCUT2D eigenvalue weighted by molar-refractivity contribution is 6.63. The minimum Gasteiger partial charge on any atom is -0.454 e. The van der Waals surface area contributed by atoms with E-state index in [1.54, 1.807) is 0 Å². The first-order valence-electron chi connectivity index (χ1n) is 3.13. The van der Waals surface area contributed by atoms with E-state index in [0.29, 0.717) is 19.3 Å². The highest BCUT2D eigenvalue weighted by Gasteiger charge is 1.97. The zero-order valence-electron chi connectivity index (χ0n) is 5.81. The van der Waals surface area contributed by atoms with Gasteiger partial charge < -0.3 is 4.74 Å². The Morgan fingerprint density at radius 3 is 2.00 bits per heavy atom. The monoisotopic (exact) mass is 230 g/mol. The van der Waals surface area contributed by atoms with E-state index in [2.05, 4.69) is 4.74 Å². The third kappa shape index (κ3) is 18.6. The van der Waals surface area contributed by atoms with Crippen molar-refractivity contribution in [3.63, 3.8) is 0 Å². The van der Waals surface area contributed by atoms with Crippen molar-refractivity contribution in [3.05, 3.63) is 0 Å². The summed E-state index contributed by atoms with van der Waals surface area (Å²) in [6.45, 7) is 0.243. The highest BCUT2D eigenvalue weighted by atomic mass is 35.5. The molecule has 0 rings (SSSR count). The zero-order chi connectivity index (χ0) is 8.69. The van der Waals surface area contributed by atoms with Crippen LogP contribution in [0.15, 0.2) is 0 Å².